The summed E-state index contributed by atoms with van der Waals surface area (Å²) in [5, 5.41) is 3.10. The number of nitrogens with zero attached hydrogens (tertiary/aromatic N) is 1. The quantitative estimate of drug-likeness (QED) is 0.744. The number of aryl methyl sites for hydroxylation is 1. The standard InChI is InChI=1S/C20H25ClN2O3S/c1-14(2)11-12-22-20(24)18-13-16(7-10-19(18)21)23(4)27(25,26)17-8-5-15(3)6-9-17/h5-10,13-14H,11-12H2,1-4H3,(H,22,24). The van der Waals surface area contributed by atoms with Gasteiger partial charge in [0.2, 0.25) is 0 Å². The second kappa shape index (κ2) is 8.76. The molecule has 7 heteroatoms. The predicted molar refractivity (Wildman–Crippen MR) is 110 cm³/mol. The molecule has 0 radical (unpaired) electrons. The number of rotatable bonds is 7. The Balaban J connectivity index is 2.28. The van der Waals surface area contributed by atoms with Crippen molar-refractivity contribution < 1.29 is 13.2 Å². The number of benzene rings is 2. The van der Waals surface area contributed by atoms with Gasteiger partial charge in [-0.25, -0.2) is 8.42 Å². The zero-order valence-electron chi connectivity index (χ0n) is 16.0. The second-order valence-electron chi connectivity index (χ2n) is 6.89. The van der Waals surface area contributed by atoms with Gasteiger partial charge in [-0.15, -0.1) is 0 Å². The summed E-state index contributed by atoms with van der Waals surface area (Å²) in [5.74, 6) is 0.154. The summed E-state index contributed by atoms with van der Waals surface area (Å²) >= 11 is 6.16. The van der Waals surface area contributed by atoms with Gasteiger partial charge in [-0.05, 0) is 49.6 Å². The fourth-order valence-electron chi connectivity index (χ4n) is 2.46. The summed E-state index contributed by atoms with van der Waals surface area (Å²) in [5.41, 5.74) is 1.60. The molecule has 5 nitrogen and oxygen atoms in total. The molecule has 2 aromatic rings. The van der Waals surface area contributed by atoms with Gasteiger partial charge >= 0.3 is 0 Å². The molecular weight excluding hydrogens is 384 g/mol. The first-order valence-corrected chi connectivity index (χ1v) is 10.6. The van der Waals surface area contributed by atoms with E-state index in [1.54, 1.807) is 30.3 Å². The van der Waals surface area contributed by atoms with E-state index in [0.29, 0.717) is 18.2 Å². The van der Waals surface area contributed by atoms with Crippen molar-refractivity contribution in [2.75, 3.05) is 17.9 Å². The van der Waals surface area contributed by atoms with Crippen LogP contribution < -0.4 is 9.62 Å². The molecule has 0 saturated carbocycles. The van der Waals surface area contributed by atoms with Crippen molar-refractivity contribution in [2.24, 2.45) is 5.92 Å². The van der Waals surface area contributed by atoms with Crippen molar-refractivity contribution in [3.05, 3.63) is 58.6 Å². The molecule has 0 aliphatic carbocycles. The Morgan fingerprint density at radius 3 is 2.37 bits per heavy atom. The Hall–Kier alpha value is -2.05. The summed E-state index contributed by atoms with van der Waals surface area (Å²) in [6.07, 6.45) is 0.852. The number of hydrogen-bond acceptors (Lipinski definition) is 3. The van der Waals surface area contributed by atoms with Crippen molar-refractivity contribution in [1.82, 2.24) is 5.32 Å². The normalized spacial score (nSPS) is 11.5. The van der Waals surface area contributed by atoms with Gasteiger partial charge in [0.1, 0.15) is 0 Å². The zero-order valence-corrected chi connectivity index (χ0v) is 17.6. The van der Waals surface area contributed by atoms with Crippen LogP contribution in [-0.4, -0.2) is 27.9 Å². The van der Waals surface area contributed by atoms with Gasteiger partial charge in [-0.1, -0.05) is 43.1 Å². The third kappa shape index (κ3) is 5.23. The second-order valence-corrected chi connectivity index (χ2v) is 9.26. The molecule has 0 heterocycles. The lowest BCUT2D eigenvalue weighted by Gasteiger charge is -2.20. The SMILES string of the molecule is Cc1ccc(S(=O)(=O)N(C)c2ccc(Cl)c(C(=O)NCCC(C)C)c2)cc1. The summed E-state index contributed by atoms with van der Waals surface area (Å²) in [4.78, 5) is 12.6. The van der Waals surface area contributed by atoms with Gasteiger partial charge in [-0.2, -0.15) is 0 Å². The number of sulfonamides is 1. The molecular formula is C20H25ClN2O3S. The van der Waals surface area contributed by atoms with E-state index in [4.69, 9.17) is 11.6 Å². The fraction of sp³-hybridized carbons (Fsp3) is 0.350. The predicted octanol–water partition coefficient (Wildman–Crippen LogP) is 4.25. The molecule has 0 aliphatic heterocycles. The Labute approximate surface area is 166 Å². The lowest BCUT2D eigenvalue weighted by atomic mass is 10.1. The average molecular weight is 409 g/mol. The van der Waals surface area contributed by atoms with E-state index in [1.807, 2.05) is 6.92 Å². The number of carbonyl (C=O) groups excluding carboxylic acids is 1. The summed E-state index contributed by atoms with van der Waals surface area (Å²) < 4.78 is 26.9. The first-order valence-electron chi connectivity index (χ1n) is 8.76. The maximum absolute atomic E-state index is 12.8. The molecule has 0 spiro atoms. The Morgan fingerprint density at radius 2 is 1.78 bits per heavy atom. The number of amides is 1. The minimum absolute atomic E-state index is 0.188. The molecule has 0 saturated heterocycles. The van der Waals surface area contributed by atoms with E-state index >= 15 is 0 Å². The van der Waals surface area contributed by atoms with Crippen molar-refractivity contribution in [3.63, 3.8) is 0 Å². The van der Waals surface area contributed by atoms with Gasteiger partial charge in [0, 0.05) is 13.6 Å². The molecule has 2 aromatic carbocycles. The van der Waals surface area contributed by atoms with Crippen LogP contribution >= 0.6 is 11.6 Å². The topological polar surface area (TPSA) is 66.5 Å². The van der Waals surface area contributed by atoms with Crippen molar-refractivity contribution in [1.29, 1.82) is 0 Å². The molecule has 146 valence electrons. The monoisotopic (exact) mass is 408 g/mol. The molecule has 27 heavy (non-hydrogen) atoms. The maximum atomic E-state index is 12.8. The highest BCUT2D eigenvalue weighted by molar-refractivity contribution is 7.92. The first-order chi connectivity index (χ1) is 12.6. The molecule has 1 N–H and O–H groups in total. The highest BCUT2D eigenvalue weighted by atomic mass is 35.5. The smallest absolute Gasteiger partial charge is 0.264 e. The van der Waals surface area contributed by atoms with Crippen LogP contribution in [-0.2, 0) is 10.0 Å². The summed E-state index contributed by atoms with van der Waals surface area (Å²) in [6, 6.07) is 11.2. The van der Waals surface area contributed by atoms with E-state index in [0.717, 1.165) is 16.3 Å². The summed E-state index contributed by atoms with van der Waals surface area (Å²) in [7, 11) is -2.28. The molecule has 0 atom stereocenters. The van der Waals surface area contributed by atoms with E-state index in [2.05, 4.69) is 19.2 Å². The molecule has 1 amide bonds. The fourth-order valence-corrected chi connectivity index (χ4v) is 3.85. The van der Waals surface area contributed by atoms with Crippen LogP contribution in [0.3, 0.4) is 0 Å². The van der Waals surface area contributed by atoms with E-state index in [9.17, 15) is 13.2 Å². The number of nitrogens with one attached hydrogen (secondary N) is 1. The number of carbonyl (C=O) groups is 1. The van der Waals surface area contributed by atoms with Gasteiger partial charge in [0.15, 0.2) is 0 Å². The minimum atomic E-state index is -3.73. The molecule has 0 unspecified atom stereocenters. The van der Waals surface area contributed by atoms with Crippen LogP contribution in [0, 0.1) is 12.8 Å². The third-order valence-electron chi connectivity index (χ3n) is 4.24. The number of hydrogen-bond donors (Lipinski definition) is 1. The van der Waals surface area contributed by atoms with E-state index in [1.165, 1.54) is 19.2 Å². The average Bonchev–Trinajstić information content (AvgIpc) is 2.61. The number of anilines is 1. The third-order valence-corrected chi connectivity index (χ3v) is 6.37. The molecule has 2 rings (SSSR count). The highest BCUT2D eigenvalue weighted by Gasteiger charge is 2.22. The zero-order chi connectivity index (χ0) is 20.2. The first kappa shape index (κ1) is 21.3. The van der Waals surface area contributed by atoms with Crippen LogP contribution in [0.1, 0.15) is 36.2 Å². The maximum Gasteiger partial charge on any atom is 0.264 e. The van der Waals surface area contributed by atoms with Crippen molar-refractivity contribution in [3.8, 4) is 0 Å². The van der Waals surface area contributed by atoms with Crippen LogP contribution in [0.5, 0.6) is 0 Å². The van der Waals surface area contributed by atoms with Gasteiger partial charge in [0.05, 0.1) is 21.2 Å². The van der Waals surface area contributed by atoms with Gasteiger partial charge < -0.3 is 5.32 Å². The molecule has 0 fully saturated rings. The molecule has 0 aliphatic rings. The van der Waals surface area contributed by atoms with Gasteiger partial charge in [-0.3, -0.25) is 9.10 Å². The van der Waals surface area contributed by atoms with E-state index in [-0.39, 0.29) is 21.4 Å². The lowest BCUT2D eigenvalue weighted by Crippen LogP contribution is -2.28. The Kier molecular flexibility index (Phi) is 6.89. The largest absolute Gasteiger partial charge is 0.352 e. The molecule has 0 bridgehead atoms. The Bertz CT molecular complexity index is 909. The van der Waals surface area contributed by atoms with Gasteiger partial charge in [0.25, 0.3) is 15.9 Å². The number of halogens is 1. The minimum Gasteiger partial charge on any atom is -0.352 e. The van der Waals surface area contributed by atoms with Crippen LogP contribution in [0.15, 0.2) is 47.4 Å². The van der Waals surface area contributed by atoms with Crippen molar-refractivity contribution in [2.45, 2.75) is 32.1 Å². The van der Waals surface area contributed by atoms with Crippen molar-refractivity contribution >= 4 is 33.2 Å². The van der Waals surface area contributed by atoms with Crippen LogP contribution in [0.2, 0.25) is 5.02 Å². The van der Waals surface area contributed by atoms with Crippen LogP contribution in [0.4, 0.5) is 5.69 Å². The Morgan fingerprint density at radius 1 is 1.15 bits per heavy atom. The van der Waals surface area contributed by atoms with E-state index < -0.39 is 10.0 Å². The lowest BCUT2D eigenvalue weighted by molar-refractivity contribution is 0.0952. The highest BCUT2D eigenvalue weighted by Crippen LogP contribution is 2.27. The molecule has 0 aromatic heterocycles. The van der Waals surface area contributed by atoms with Crippen LogP contribution in [0.25, 0.3) is 0 Å². The summed E-state index contributed by atoms with van der Waals surface area (Å²) in [6.45, 7) is 6.58.